The van der Waals surface area contributed by atoms with Gasteiger partial charge < -0.3 is 14.0 Å². The van der Waals surface area contributed by atoms with Crippen molar-refractivity contribution >= 4 is 5.97 Å². The molecule has 0 N–H and O–H groups in total. The predicted molar refractivity (Wildman–Crippen MR) is 50.1 cm³/mol. The van der Waals surface area contributed by atoms with Gasteiger partial charge in [-0.15, -0.1) is 0 Å². The van der Waals surface area contributed by atoms with Crippen LogP contribution in [-0.4, -0.2) is 30.9 Å². The minimum Gasteiger partial charge on any atom is -0.464 e. The lowest BCUT2D eigenvalue weighted by Crippen LogP contribution is -2.32. The number of rotatable bonds is 3. The quantitative estimate of drug-likeness (QED) is 0.673. The van der Waals surface area contributed by atoms with Gasteiger partial charge in [0, 0.05) is 18.7 Å². The highest BCUT2D eigenvalue weighted by atomic mass is 16.5. The van der Waals surface area contributed by atoms with Gasteiger partial charge in [-0.3, -0.25) is 0 Å². The largest absolute Gasteiger partial charge is 0.464 e. The Balaban J connectivity index is 2.08. The number of methoxy groups -OCH3 is 1. The molecule has 1 aliphatic rings. The number of carbonyl (C=O) groups is 1. The van der Waals surface area contributed by atoms with E-state index in [0.717, 1.165) is 19.8 Å². The van der Waals surface area contributed by atoms with Gasteiger partial charge in [-0.05, 0) is 12.1 Å². The summed E-state index contributed by atoms with van der Waals surface area (Å²) in [5.74, 6) is 0.251. The third-order valence-electron chi connectivity index (χ3n) is 2.39. The van der Waals surface area contributed by atoms with Gasteiger partial charge in [0.25, 0.3) is 0 Å². The Hall–Kier alpha value is -1.29. The van der Waals surface area contributed by atoms with Crippen molar-refractivity contribution in [2.75, 3.05) is 20.3 Å². The number of nitrogens with zero attached hydrogens (tertiary/aromatic N) is 1. The molecule has 0 atom stereocenters. The third kappa shape index (κ3) is 1.65. The van der Waals surface area contributed by atoms with Gasteiger partial charge in [0.2, 0.25) is 0 Å². The van der Waals surface area contributed by atoms with Crippen molar-refractivity contribution in [3.8, 4) is 0 Å². The molecule has 2 heterocycles. The topological polar surface area (TPSA) is 40.5 Å². The molecule has 14 heavy (non-hydrogen) atoms. The molecule has 1 aromatic heterocycles. The third-order valence-corrected chi connectivity index (χ3v) is 2.39. The zero-order chi connectivity index (χ0) is 9.97. The minimum absolute atomic E-state index is 0.282. The molecule has 0 aromatic carbocycles. The summed E-state index contributed by atoms with van der Waals surface area (Å²) in [6, 6.07) is 3.62. The molecule has 76 valence electrons. The van der Waals surface area contributed by atoms with Crippen molar-refractivity contribution in [1.29, 1.82) is 0 Å². The second-order valence-corrected chi connectivity index (χ2v) is 3.44. The van der Waals surface area contributed by atoms with Crippen LogP contribution in [-0.2, 0) is 16.0 Å². The lowest BCUT2D eigenvalue weighted by Gasteiger charge is -2.26. The van der Waals surface area contributed by atoms with Crippen LogP contribution in [0.2, 0.25) is 0 Å². The fourth-order valence-corrected chi connectivity index (χ4v) is 1.53. The van der Waals surface area contributed by atoms with E-state index in [1.807, 2.05) is 16.8 Å². The second kappa shape index (κ2) is 3.84. The number of aromatic nitrogens is 1. The van der Waals surface area contributed by atoms with E-state index in [1.54, 1.807) is 6.07 Å². The zero-order valence-corrected chi connectivity index (χ0v) is 8.10. The summed E-state index contributed by atoms with van der Waals surface area (Å²) < 4.78 is 11.7. The summed E-state index contributed by atoms with van der Waals surface area (Å²) in [5.41, 5.74) is 0.611. The van der Waals surface area contributed by atoms with Crippen molar-refractivity contribution in [2.45, 2.75) is 6.54 Å². The maximum absolute atomic E-state index is 11.3. The summed E-state index contributed by atoms with van der Waals surface area (Å²) in [6.45, 7) is 2.41. The zero-order valence-electron chi connectivity index (χ0n) is 8.10. The van der Waals surface area contributed by atoms with Crippen molar-refractivity contribution in [1.82, 2.24) is 4.57 Å². The van der Waals surface area contributed by atoms with Crippen molar-refractivity contribution in [2.24, 2.45) is 5.92 Å². The summed E-state index contributed by atoms with van der Waals surface area (Å²) in [7, 11) is 1.39. The first kappa shape index (κ1) is 9.27. The molecule has 1 saturated heterocycles. The number of esters is 1. The molecule has 1 aliphatic heterocycles. The Bertz CT molecular complexity index is 328. The SMILES string of the molecule is COC(=O)c1cccn1CC1COC1. The molecule has 4 heteroatoms. The minimum atomic E-state index is -0.282. The summed E-state index contributed by atoms with van der Waals surface area (Å²) >= 11 is 0. The van der Waals surface area contributed by atoms with Crippen LogP contribution in [0.3, 0.4) is 0 Å². The van der Waals surface area contributed by atoms with Crippen LogP contribution in [0.15, 0.2) is 18.3 Å². The highest BCUT2D eigenvalue weighted by molar-refractivity contribution is 5.87. The molecule has 2 rings (SSSR count). The number of hydrogen-bond donors (Lipinski definition) is 0. The summed E-state index contributed by atoms with van der Waals surface area (Å²) in [5, 5.41) is 0. The van der Waals surface area contributed by atoms with Crippen molar-refractivity contribution < 1.29 is 14.3 Å². The van der Waals surface area contributed by atoms with Gasteiger partial charge in [-0.25, -0.2) is 4.79 Å². The standard InChI is InChI=1S/C10H13NO3/c1-13-10(12)9-3-2-4-11(9)5-8-6-14-7-8/h2-4,8H,5-7H2,1H3. The number of ether oxygens (including phenoxy) is 2. The van der Waals surface area contributed by atoms with E-state index in [2.05, 4.69) is 4.74 Å². The first-order chi connectivity index (χ1) is 6.81. The molecule has 4 nitrogen and oxygen atoms in total. The fraction of sp³-hybridized carbons (Fsp3) is 0.500. The Kier molecular flexibility index (Phi) is 2.54. The van der Waals surface area contributed by atoms with Crippen molar-refractivity contribution in [3.05, 3.63) is 24.0 Å². The van der Waals surface area contributed by atoms with E-state index in [1.165, 1.54) is 7.11 Å². The number of carbonyl (C=O) groups excluding carboxylic acids is 1. The molecule has 0 saturated carbocycles. The average Bonchev–Trinajstić information content (AvgIpc) is 2.58. The van der Waals surface area contributed by atoms with E-state index in [-0.39, 0.29) is 5.97 Å². The molecule has 0 radical (unpaired) electrons. The first-order valence-corrected chi connectivity index (χ1v) is 4.62. The first-order valence-electron chi connectivity index (χ1n) is 4.62. The van der Waals surface area contributed by atoms with E-state index in [9.17, 15) is 4.79 Å². The molecule has 0 bridgehead atoms. The predicted octanol–water partition coefficient (Wildman–Crippen LogP) is 0.921. The molecule has 0 unspecified atom stereocenters. The van der Waals surface area contributed by atoms with E-state index in [0.29, 0.717) is 11.6 Å². The van der Waals surface area contributed by atoms with E-state index < -0.39 is 0 Å². The van der Waals surface area contributed by atoms with Crippen LogP contribution in [0.25, 0.3) is 0 Å². The molecular weight excluding hydrogens is 182 g/mol. The highest BCUT2D eigenvalue weighted by Gasteiger charge is 2.21. The van der Waals surface area contributed by atoms with Gasteiger partial charge in [0.15, 0.2) is 0 Å². The molecule has 0 amide bonds. The van der Waals surface area contributed by atoms with Gasteiger partial charge in [-0.2, -0.15) is 0 Å². The molecule has 0 spiro atoms. The Morgan fingerprint density at radius 1 is 1.71 bits per heavy atom. The van der Waals surface area contributed by atoms with Gasteiger partial charge in [0.1, 0.15) is 5.69 Å². The van der Waals surface area contributed by atoms with Crippen LogP contribution in [0, 0.1) is 5.92 Å². The van der Waals surface area contributed by atoms with Crippen molar-refractivity contribution in [3.63, 3.8) is 0 Å². The maximum Gasteiger partial charge on any atom is 0.354 e. The van der Waals surface area contributed by atoms with Crippen LogP contribution in [0.5, 0.6) is 0 Å². The highest BCUT2D eigenvalue weighted by Crippen LogP contribution is 2.15. The fourth-order valence-electron chi connectivity index (χ4n) is 1.53. The Labute approximate surface area is 82.4 Å². The van der Waals surface area contributed by atoms with Gasteiger partial charge in [0.05, 0.1) is 20.3 Å². The van der Waals surface area contributed by atoms with Gasteiger partial charge in [-0.1, -0.05) is 0 Å². The summed E-state index contributed by atoms with van der Waals surface area (Å²) in [4.78, 5) is 11.3. The van der Waals surface area contributed by atoms with Crippen LogP contribution in [0.1, 0.15) is 10.5 Å². The van der Waals surface area contributed by atoms with Crippen LogP contribution >= 0.6 is 0 Å². The van der Waals surface area contributed by atoms with Crippen LogP contribution < -0.4 is 0 Å². The molecule has 0 aliphatic carbocycles. The molecule has 1 aromatic rings. The monoisotopic (exact) mass is 195 g/mol. The number of hydrogen-bond acceptors (Lipinski definition) is 3. The van der Waals surface area contributed by atoms with Crippen LogP contribution in [0.4, 0.5) is 0 Å². The lowest BCUT2D eigenvalue weighted by atomic mass is 10.1. The second-order valence-electron chi connectivity index (χ2n) is 3.44. The Morgan fingerprint density at radius 3 is 3.07 bits per heavy atom. The Morgan fingerprint density at radius 2 is 2.50 bits per heavy atom. The molecule has 1 fully saturated rings. The normalized spacial score (nSPS) is 16.4. The van der Waals surface area contributed by atoms with E-state index in [4.69, 9.17) is 4.74 Å². The van der Waals surface area contributed by atoms with Gasteiger partial charge >= 0.3 is 5.97 Å². The summed E-state index contributed by atoms with van der Waals surface area (Å²) in [6.07, 6.45) is 1.89. The molecular formula is C10H13NO3. The smallest absolute Gasteiger partial charge is 0.354 e. The maximum atomic E-state index is 11.3. The lowest BCUT2D eigenvalue weighted by molar-refractivity contribution is -0.0397. The van der Waals surface area contributed by atoms with E-state index >= 15 is 0 Å². The average molecular weight is 195 g/mol.